The molecule has 2 heterocycles. The Morgan fingerprint density at radius 1 is 1.34 bits per heavy atom. The van der Waals surface area contributed by atoms with Gasteiger partial charge in [-0.15, -0.1) is 6.42 Å². The molecule has 4 rings (SSSR count). The summed E-state index contributed by atoms with van der Waals surface area (Å²) in [5.41, 5.74) is 9.00. The molecule has 1 aromatic heterocycles. The molecule has 0 amide bonds. The molecule has 1 aliphatic heterocycles. The summed E-state index contributed by atoms with van der Waals surface area (Å²) in [7, 11) is 0. The zero-order chi connectivity index (χ0) is 22.8. The Hall–Kier alpha value is -4.69. The number of aromatic nitrogens is 2. The Morgan fingerprint density at radius 2 is 2.12 bits per heavy atom. The van der Waals surface area contributed by atoms with Crippen LogP contribution in [0.4, 0.5) is 0 Å². The summed E-state index contributed by atoms with van der Waals surface area (Å²) in [6, 6.07) is 15.7. The standard InChI is InChI=1S/C24H18N4O4/c1-3-10-31-18-9-5-6-15(12-18)21-19(13-25)22(26)32-23-20(21)14(2)27-28(23)17-8-4-7-16(11-17)24(29)30/h1,4-9,11-12,21H,10,26H2,2H3,(H,29,30). The van der Waals surface area contributed by atoms with Gasteiger partial charge < -0.3 is 20.3 Å². The molecule has 0 bridgehead atoms. The Kier molecular flexibility index (Phi) is 5.28. The number of carboxylic acid groups (broad SMARTS) is 1. The molecular formula is C24H18N4O4. The monoisotopic (exact) mass is 426 g/mol. The van der Waals surface area contributed by atoms with E-state index < -0.39 is 11.9 Å². The fourth-order valence-corrected chi connectivity index (χ4v) is 3.70. The van der Waals surface area contributed by atoms with Crippen LogP contribution in [-0.2, 0) is 0 Å². The van der Waals surface area contributed by atoms with Gasteiger partial charge in [-0.25, -0.2) is 9.48 Å². The molecule has 0 spiro atoms. The molecule has 0 fully saturated rings. The van der Waals surface area contributed by atoms with E-state index in [1.54, 1.807) is 37.3 Å². The largest absolute Gasteiger partial charge is 0.481 e. The number of hydrogen-bond donors (Lipinski definition) is 2. The van der Waals surface area contributed by atoms with E-state index in [-0.39, 0.29) is 23.6 Å². The van der Waals surface area contributed by atoms with Crippen LogP contribution < -0.4 is 15.2 Å². The number of hydrogen-bond acceptors (Lipinski definition) is 6. The van der Waals surface area contributed by atoms with E-state index in [9.17, 15) is 15.2 Å². The molecule has 8 nitrogen and oxygen atoms in total. The van der Waals surface area contributed by atoms with Gasteiger partial charge in [0.1, 0.15) is 24.0 Å². The van der Waals surface area contributed by atoms with Gasteiger partial charge in [-0.05, 0) is 42.8 Å². The van der Waals surface area contributed by atoms with Gasteiger partial charge in [0, 0.05) is 0 Å². The Labute approximate surface area is 184 Å². The number of allylic oxidation sites excluding steroid dienone is 1. The van der Waals surface area contributed by atoms with E-state index in [2.05, 4.69) is 17.1 Å². The maximum absolute atomic E-state index is 11.4. The summed E-state index contributed by atoms with van der Waals surface area (Å²) >= 11 is 0. The molecule has 158 valence electrons. The zero-order valence-electron chi connectivity index (χ0n) is 17.1. The quantitative estimate of drug-likeness (QED) is 0.601. The van der Waals surface area contributed by atoms with Crippen LogP contribution in [-0.4, -0.2) is 27.5 Å². The van der Waals surface area contributed by atoms with Crippen molar-refractivity contribution in [2.75, 3.05) is 6.61 Å². The molecule has 2 aromatic carbocycles. The first-order valence-corrected chi connectivity index (χ1v) is 9.61. The first kappa shape index (κ1) is 20.6. The summed E-state index contributed by atoms with van der Waals surface area (Å²) in [4.78, 5) is 11.4. The minimum Gasteiger partial charge on any atom is -0.481 e. The van der Waals surface area contributed by atoms with Crippen molar-refractivity contribution >= 4 is 5.97 Å². The number of benzene rings is 2. The van der Waals surface area contributed by atoms with Crippen molar-refractivity contribution in [1.29, 1.82) is 5.26 Å². The van der Waals surface area contributed by atoms with Crippen molar-refractivity contribution in [3.8, 4) is 35.7 Å². The number of carbonyl (C=O) groups is 1. The van der Waals surface area contributed by atoms with Gasteiger partial charge in [0.05, 0.1) is 28.4 Å². The number of nitriles is 1. The summed E-state index contributed by atoms with van der Waals surface area (Å²) in [6.07, 6.45) is 5.28. The summed E-state index contributed by atoms with van der Waals surface area (Å²) < 4.78 is 12.8. The normalized spacial score (nSPS) is 14.7. The van der Waals surface area contributed by atoms with Crippen molar-refractivity contribution in [1.82, 2.24) is 9.78 Å². The smallest absolute Gasteiger partial charge is 0.335 e. The lowest BCUT2D eigenvalue weighted by Gasteiger charge is -2.25. The first-order valence-electron chi connectivity index (χ1n) is 9.61. The molecule has 32 heavy (non-hydrogen) atoms. The Balaban J connectivity index is 1.89. The third-order valence-corrected chi connectivity index (χ3v) is 5.08. The lowest BCUT2D eigenvalue weighted by Crippen LogP contribution is -2.22. The van der Waals surface area contributed by atoms with Gasteiger partial charge in [0.15, 0.2) is 0 Å². The minimum absolute atomic E-state index is 0.0458. The van der Waals surface area contributed by atoms with Gasteiger partial charge >= 0.3 is 5.97 Å². The molecule has 1 aliphatic rings. The fourth-order valence-electron chi connectivity index (χ4n) is 3.70. The molecule has 1 unspecified atom stereocenters. The number of nitrogens with zero attached hydrogens (tertiary/aromatic N) is 3. The number of rotatable bonds is 5. The summed E-state index contributed by atoms with van der Waals surface area (Å²) in [6.45, 7) is 1.91. The number of terminal acetylenes is 1. The highest BCUT2D eigenvalue weighted by Crippen LogP contribution is 2.45. The van der Waals surface area contributed by atoms with E-state index in [0.717, 1.165) is 5.56 Å². The zero-order valence-corrected chi connectivity index (χ0v) is 17.1. The van der Waals surface area contributed by atoms with E-state index in [4.69, 9.17) is 21.6 Å². The second-order valence-electron chi connectivity index (χ2n) is 7.06. The van der Waals surface area contributed by atoms with Crippen LogP contribution in [0.3, 0.4) is 0 Å². The summed E-state index contributed by atoms with van der Waals surface area (Å²) in [5.74, 6) is 1.65. The number of carboxylic acids is 1. The maximum atomic E-state index is 11.4. The molecule has 1 atom stereocenters. The Morgan fingerprint density at radius 3 is 2.84 bits per heavy atom. The van der Waals surface area contributed by atoms with Crippen molar-refractivity contribution in [2.24, 2.45) is 5.73 Å². The Bertz CT molecular complexity index is 1340. The van der Waals surface area contributed by atoms with Crippen LogP contribution in [0.5, 0.6) is 11.6 Å². The molecule has 0 aliphatic carbocycles. The third kappa shape index (κ3) is 3.51. The van der Waals surface area contributed by atoms with Crippen LogP contribution in [0.15, 0.2) is 60.0 Å². The van der Waals surface area contributed by atoms with E-state index in [1.165, 1.54) is 16.8 Å². The van der Waals surface area contributed by atoms with Gasteiger partial charge in [-0.1, -0.05) is 24.1 Å². The van der Waals surface area contributed by atoms with Gasteiger partial charge in [-0.2, -0.15) is 10.4 Å². The van der Waals surface area contributed by atoms with Crippen LogP contribution >= 0.6 is 0 Å². The highest BCUT2D eigenvalue weighted by atomic mass is 16.5. The van der Waals surface area contributed by atoms with Crippen LogP contribution in [0.1, 0.15) is 33.1 Å². The molecule has 8 heteroatoms. The third-order valence-electron chi connectivity index (χ3n) is 5.08. The molecule has 0 saturated carbocycles. The highest BCUT2D eigenvalue weighted by molar-refractivity contribution is 5.88. The highest BCUT2D eigenvalue weighted by Gasteiger charge is 2.36. The average Bonchev–Trinajstić information content (AvgIpc) is 3.12. The van der Waals surface area contributed by atoms with Crippen molar-refractivity contribution in [3.05, 3.63) is 82.4 Å². The second-order valence-corrected chi connectivity index (χ2v) is 7.06. The number of aryl methyl sites for hydroxylation is 1. The number of aromatic carboxylic acids is 1. The number of fused-ring (bicyclic) bond motifs is 1. The van der Waals surface area contributed by atoms with Crippen molar-refractivity contribution in [3.63, 3.8) is 0 Å². The predicted octanol–water partition coefficient (Wildman–Crippen LogP) is 3.11. The van der Waals surface area contributed by atoms with Gasteiger partial charge in [0.25, 0.3) is 0 Å². The van der Waals surface area contributed by atoms with Crippen molar-refractivity contribution in [2.45, 2.75) is 12.8 Å². The van der Waals surface area contributed by atoms with E-state index >= 15 is 0 Å². The molecule has 0 radical (unpaired) electrons. The first-order chi connectivity index (χ1) is 15.4. The summed E-state index contributed by atoms with van der Waals surface area (Å²) in [5, 5.41) is 23.7. The number of nitrogens with two attached hydrogens (primary N) is 1. The molecule has 3 aromatic rings. The van der Waals surface area contributed by atoms with Crippen LogP contribution in [0.25, 0.3) is 5.69 Å². The minimum atomic E-state index is -1.06. The lowest BCUT2D eigenvalue weighted by molar-refractivity contribution is 0.0697. The topological polar surface area (TPSA) is 123 Å². The van der Waals surface area contributed by atoms with Crippen LogP contribution in [0, 0.1) is 30.6 Å². The second kappa shape index (κ2) is 8.21. The molecule has 3 N–H and O–H groups in total. The fraction of sp³-hybridized carbons (Fsp3) is 0.125. The van der Waals surface area contributed by atoms with E-state index in [1.807, 2.05) is 6.07 Å². The number of ether oxygens (including phenoxy) is 2. The SMILES string of the molecule is C#CCOc1cccc(C2C(C#N)=C(N)Oc3c2c(C)nn3-c2cccc(C(=O)O)c2)c1. The lowest BCUT2D eigenvalue weighted by atomic mass is 9.84. The maximum Gasteiger partial charge on any atom is 0.335 e. The van der Waals surface area contributed by atoms with Crippen LogP contribution in [0.2, 0.25) is 0 Å². The van der Waals surface area contributed by atoms with E-state index in [0.29, 0.717) is 28.6 Å². The van der Waals surface area contributed by atoms with Crippen molar-refractivity contribution < 1.29 is 19.4 Å². The predicted molar refractivity (Wildman–Crippen MR) is 115 cm³/mol. The molecule has 0 saturated heterocycles. The average molecular weight is 426 g/mol. The molecular weight excluding hydrogens is 408 g/mol. The van der Waals surface area contributed by atoms with Gasteiger partial charge in [0.2, 0.25) is 11.8 Å². The van der Waals surface area contributed by atoms with Gasteiger partial charge in [-0.3, -0.25) is 0 Å².